The second-order valence-electron chi connectivity index (χ2n) is 3.79. The fourth-order valence-electron chi connectivity index (χ4n) is 1.85. The molecule has 4 nitrogen and oxygen atoms in total. The Hall–Kier alpha value is -1.97. The van der Waals surface area contributed by atoms with E-state index in [-0.39, 0.29) is 5.56 Å². The SMILES string of the molecule is N#Cc1sc2c(ccc(=O)n2-c2cccnc2)c1Br. The Bertz CT molecular complexity index is 861. The van der Waals surface area contributed by atoms with E-state index >= 15 is 0 Å². The summed E-state index contributed by atoms with van der Waals surface area (Å²) in [5, 5.41) is 9.93. The molecule has 0 saturated heterocycles. The fraction of sp³-hybridized carbons (Fsp3) is 0. The lowest BCUT2D eigenvalue weighted by molar-refractivity contribution is 1.04. The van der Waals surface area contributed by atoms with Crippen molar-refractivity contribution in [2.45, 2.75) is 0 Å². The molecule has 0 unspecified atom stereocenters. The molecule has 0 saturated carbocycles. The highest BCUT2D eigenvalue weighted by molar-refractivity contribution is 9.10. The van der Waals surface area contributed by atoms with E-state index in [0.717, 1.165) is 14.7 Å². The van der Waals surface area contributed by atoms with Gasteiger partial charge in [0.05, 0.1) is 16.4 Å². The van der Waals surface area contributed by atoms with Crippen molar-refractivity contribution in [3.05, 3.63) is 56.4 Å². The van der Waals surface area contributed by atoms with E-state index in [1.165, 1.54) is 17.4 Å². The van der Waals surface area contributed by atoms with Crippen LogP contribution in [0.2, 0.25) is 0 Å². The third kappa shape index (κ3) is 1.87. The molecule has 92 valence electrons. The van der Waals surface area contributed by atoms with Gasteiger partial charge in [-0.15, -0.1) is 11.3 Å². The first-order chi connectivity index (χ1) is 9.22. The standard InChI is InChI=1S/C13H6BrN3OS/c14-12-9-3-4-11(18)17(8-2-1-5-16-7-8)13(9)19-10(12)6-15/h1-5,7H. The van der Waals surface area contributed by atoms with E-state index in [2.05, 4.69) is 27.0 Å². The van der Waals surface area contributed by atoms with Crippen LogP contribution in [0.5, 0.6) is 0 Å². The van der Waals surface area contributed by atoms with Crippen LogP contribution in [0.4, 0.5) is 0 Å². The molecular weight excluding hydrogens is 326 g/mol. The van der Waals surface area contributed by atoms with Gasteiger partial charge in [0.25, 0.3) is 5.56 Å². The summed E-state index contributed by atoms with van der Waals surface area (Å²) in [5.41, 5.74) is 0.551. The lowest BCUT2D eigenvalue weighted by atomic mass is 10.3. The number of fused-ring (bicyclic) bond motifs is 1. The Morgan fingerprint density at radius 1 is 1.37 bits per heavy atom. The van der Waals surface area contributed by atoms with Gasteiger partial charge in [-0.05, 0) is 34.1 Å². The monoisotopic (exact) mass is 331 g/mol. The molecule has 0 aliphatic rings. The number of hydrogen-bond donors (Lipinski definition) is 0. The Labute approximate surface area is 120 Å². The molecular formula is C13H6BrN3OS. The van der Waals surface area contributed by atoms with Crippen LogP contribution in [0, 0.1) is 11.3 Å². The minimum atomic E-state index is -0.140. The molecule has 3 heterocycles. The predicted octanol–water partition coefficient (Wildman–Crippen LogP) is 3.08. The van der Waals surface area contributed by atoms with Gasteiger partial charge in [0.2, 0.25) is 0 Å². The summed E-state index contributed by atoms with van der Waals surface area (Å²) in [6, 6.07) is 8.93. The number of halogens is 1. The molecule has 19 heavy (non-hydrogen) atoms. The van der Waals surface area contributed by atoms with E-state index in [9.17, 15) is 4.79 Å². The zero-order chi connectivity index (χ0) is 13.4. The third-order valence-corrected chi connectivity index (χ3v) is 4.87. The van der Waals surface area contributed by atoms with Crippen LogP contribution >= 0.6 is 27.3 Å². The summed E-state index contributed by atoms with van der Waals surface area (Å²) in [6.45, 7) is 0. The average molecular weight is 332 g/mol. The van der Waals surface area contributed by atoms with E-state index in [1.807, 2.05) is 6.07 Å². The normalized spacial score (nSPS) is 10.5. The van der Waals surface area contributed by atoms with E-state index in [0.29, 0.717) is 10.6 Å². The van der Waals surface area contributed by atoms with Crippen molar-refractivity contribution in [2.75, 3.05) is 0 Å². The highest BCUT2D eigenvalue weighted by atomic mass is 79.9. The topological polar surface area (TPSA) is 58.7 Å². The molecule has 0 aliphatic carbocycles. The van der Waals surface area contributed by atoms with Crippen molar-refractivity contribution in [1.29, 1.82) is 5.26 Å². The Balaban J connectivity index is 2.45. The van der Waals surface area contributed by atoms with Gasteiger partial charge in [0.1, 0.15) is 15.8 Å². The van der Waals surface area contributed by atoms with Crippen LogP contribution in [0.3, 0.4) is 0 Å². The lowest BCUT2D eigenvalue weighted by Crippen LogP contribution is -2.16. The third-order valence-electron chi connectivity index (χ3n) is 2.69. The van der Waals surface area contributed by atoms with Crippen molar-refractivity contribution in [3.8, 4) is 11.8 Å². The van der Waals surface area contributed by atoms with Gasteiger partial charge in [-0.25, -0.2) is 0 Å². The first-order valence-corrected chi connectivity index (χ1v) is 6.98. The molecule has 3 aromatic heterocycles. The Morgan fingerprint density at radius 2 is 2.21 bits per heavy atom. The lowest BCUT2D eigenvalue weighted by Gasteiger charge is -2.05. The van der Waals surface area contributed by atoms with Gasteiger partial charge in [-0.1, -0.05) is 0 Å². The summed E-state index contributed by atoms with van der Waals surface area (Å²) in [5.74, 6) is 0. The van der Waals surface area contributed by atoms with Crippen molar-refractivity contribution in [1.82, 2.24) is 9.55 Å². The van der Waals surface area contributed by atoms with Crippen molar-refractivity contribution in [2.24, 2.45) is 0 Å². The zero-order valence-electron chi connectivity index (χ0n) is 9.50. The quantitative estimate of drug-likeness (QED) is 0.688. The number of thiophene rings is 1. The second kappa shape index (κ2) is 4.61. The van der Waals surface area contributed by atoms with Gasteiger partial charge >= 0.3 is 0 Å². The minimum Gasteiger partial charge on any atom is -0.269 e. The number of pyridine rings is 2. The summed E-state index contributed by atoms with van der Waals surface area (Å²) in [7, 11) is 0. The molecule has 6 heteroatoms. The van der Waals surface area contributed by atoms with Gasteiger partial charge in [0, 0.05) is 17.6 Å². The molecule has 3 rings (SSSR count). The molecule has 0 spiro atoms. The van der Waals surface area contributed by atoms with E-state index < -0.39 is 0 Å². The molecule has 3 aromatic rings. The van der Waals surface area contributed by atoms with Crippen LogP contribution in [-0.4, -0.2) is 9.55 Å². The van der Waals surface area contributed by atoms with Crippen LogP contribution in [0.1, 0.15) is 4.88 Å². The molecule has 0 bridgehead atoms. The number of aromatic nitrogens is 2. The van der Waals surface area contributed by atoms with Gasteiger partial charge < -0.3 is 0 Å². The van der Waals surface area contributed by atoms with Crippen LogP contribution < -0.4 is 5.56 Å². The molecule has 0 N–H and O–H groups in total. The zero-order valence-corrected chi connectivity index (χ0v) is 11.9. The molecule has 0 amide bonds. The number of hydrogen-bond acceptors (Lipinski definition) is 4. The van der Waals surface area contributed by atoms with Gasteiger partial charge in [-0.2, -0.15) is 5.26 Å². The molecule has 0 atom stereocenters. The summed E-state index contributed by atoms with van der Waals surface area (Å²) >= 11 is 4.69. The maximum absolute atomic E-state index is 12.1. The Morgan fingerprint density at radius 3 is 2.89 bits per heavy atom. The molecule has 0 aromatic carbocycles. The predicted molar refractivity (Wildman–Crippen MR) is 77.6 cm³/mol. The molecule has 0 radical (unpaired) electrons. The second-order valence-corrected chi connectivity index (χ2v) is 5.59. The number of nitriles is 1. The number of rotatable bonds is 1. The van der Waals surface area contributed by atoms with E-state index in [4.69, 9.17) is 5.26 Å². The van der Waals surface area contributed by atoms with Gasteiger partial charge in [0.15, 0.2) is 0 Å². The summed E-state index contributed by atoms with van der Waals surface area (Å²) in [6.07, 6.45) is 3.28. The van der Waals surface area contributed by atoms with E-state index in [1.54, 1.807) is 29.1 Å². The minimum absolute atomic E-state index is 0.140. The van der Waals surface area contributed by atoms with Crippen molar-refractivity contribution >= 4 is 37.5 Å². The van der Waals surface area contributed by atoms with Gasteiger partial charge in [-0.3, -0.25) is 14.3 Å². The Kier molecular flexibility index (Phi) is 2.93. The van der Waals surface area contributed by atoms with Crippen molar-refractivity contribution in [3.63, 3.8) is 0 Å². The highest BCUT2D eigenvalue weighted by Crippen LogP contribution is 2.34. The number of nitrogens with zero attached hydrogens (tertiary/aromatic N) is 3. The maximum atomic E-state index is 12.1. The highest BCUT2D eigenvalue weighted by Gasteiger charge is 2.14. The smallest absolute Gasteiger partial charge is 0.256 e. The largest absolute Gasteiger partial charge is 0.269 e. The maximum Gasteiger partial charge on any atom is 0.256 e. The summed E-state index contributed by atoms with van der Waals surface area (Å²) in [4.78, 5) is 17.4. The first kappa shape index (κ1) is 12.1. The van der Waals surface area contributed by atoms with Crippen molar-refractivity contribution < 1.29 is 0 Å². The first-order valence-electron chi connectivity index (χ1n) is 5.37. The molecule has 0 fully saturated rings. The summed E-state index contributed by atoms with van der Waals surface area (Å²) < 4.78 is 2.30. The van der Waals surface area contributed by atoms with Crippen LogP contribution in [0.25, 0.3) is 15.9 Å². The van der Waals surface area contributed by atoms with Crippen LogP contribution in [-0.2, 0) is 0 Å². The molecule has 0 aliphatic heterocycles. The fourth-order valence-corrected chi connectivity index (χ4v) is 3.64. The average Bonchev–Trinajstić information content (AvgIpc) is 2.76. The van der Waals surface area contributed by atoms with Crippen LogP contribution in [0.15, 0.2) is 45.9 Å².